The van der Waals surface area contributed by atoms with Gasteiger partial charge in [-0.05, 0) is 37.0 Å². The number of imidazole rings is 1. The Morgan fingerprint density at radius 1 is 1.24 bits per heavy atom. The summed E-state index contributed by atoms with van der Waals surface area (Å²) < 4.78 is 35.3. The number of aliphatic hydroxyl groups is 1. The zero-order valence-electron chi connectivity index (χ0n) is 19.7. The third kappa shape index (κ3) is 5.40. The number of carbonyl (C=O) groups excluding carboxylic acids is 1. The quantitative estimate of drug-likeness (QED) is 0.477. The number of rotatable bonds is 10. The molecule has 2 heterocycles. The SMILES string of the molecule is CCCC1(CCC)CC(O)=C([C@@H](CC)c2cccc(NS(=O)(=O)c3cn(C)cn3)c2)C(=O)O1. The summed E-state index contributed by atoms with van der Waals surface area (Å²) in [5.74, 6) is -0.843. The molecule has 1 aromatic carbocycles. The number of esters is 1. The van der Waals surface area contributed by atoms with Gasteiger partial charge >= 0.3 is 5.97 Å². The molecule has 1 aliphatic rings. The molecule has 2 aromatic rings. The predicted octanol–water partition coefficient (Wildman–Crippen LogP) is 4.81. The maximum absolute atomic E-state index is 13.1. The van der Waals surface area contributed by atoms with Crippen LogP contribution in [-0.4, -0.2) is 34.6 Å². The summed E-state index contributed by atoms with van der Waals surface area (Å²) >= 11 is 0. The van der Waals surface area contributed by atoms with E-state index in [2.05, 4.69) is 9.71 Å². The van der Waals surface area contributed by atoms with Crippen LogP contribution in [0.25, 0.3) is 0 Å². The Balaban J connectivity index is 1.91. The van der Waals surface area contributed by atoms with Crippen LogP contribution in [0.15, 0.2) is 53.1 Å². The van der Waals surface area contributed by atoms with Crippen molar-refractivity contribution in [2.45, 2.75) is 75.8 Å². The zero-order valence-corrected chi connectivity index (χ0v) is 20.5. The van der Waals surface area contributed by atoms with Gasteiger partial charge in [0.05, 0.1) is 11.9 Å². The van der Waals surface area contributed by atoms with E-state index in [-0.39, 0.29) is 16.4 Å². The number of aliphatic hydroxyl groups excluding tert-OH is 1. The van der Waals surface area contributed by atoms with Gasteiger partial charge in [0.1, 0.15) is 11.4 Å². The fourth-order valence-corrected chi connectivity index (χ4v) is 5.66. The standard InChI is InChI=1S/C24H33N3O5S/c1-5-11-24(12-6-2)14-20(28)22(23(29)32-24)19(7-3)17-9-8-10-18(13-17)26-33(30,31)21-15-27(4)16-25-21/h8-10,13,15-16,19,26,28H,5-7,11-12,14H2,1-4H3/t19-/m0/s1. The average molecular weight is 476 g/mol. The van der Waals surface area contributed by atoms with Crippen molar-refractivity contribution in [2.24, 2.45) is 7.05 Å². The first-order chi connectivity index (χ1) is 15.6. The Kier molecular flexibility index (Phi) is 7.51. The molecule has 0 saturated heterocycles. The lowest BCUT2D eigenvalue weighted by molar-refractivity contribution is -0.161. The number of ether oxygens (including phenoxy) is 1. The highest BCUT2D eigenvalue weighted by Gasteiger charge is 2.42. The molecule has 1 aromatic heterocycles. The number of aromatic nitrogens is 2. The van der Waals surface area contributed by atoms with Crippen molar-refractivity contribution < 1.29 is 23.1 Å². The summed E-state index contributed by atoms with van der Waals surface area (Å²) in [5, 5.41) is 10.9. The van der Waals surface area contributed by atoms with Gasteiger partial charge in [0.15, 0.2) is 5.03 Å². The second kappa shape index (κ2) is 9.99. The molecule has 0 spiro atoms. The number of nitrogens with zero attached hydrogens (tertiary/aromatic N) is 2. The van der Waals surface area contributed by atoms with Crippen LogP contribution in [0, 0.1) is 0 Å². The number of anilines is 1. The molecule has 9 heteroatoms. The van der Waals surface area contributed by atoms with Crippen molar-refractivity contribution in [3.63, 3.8) is 0 Å². The van der Waals surface area contributed by atoms with E-state index in [0.717, 1.165) is 18.4 Å². The Hall–Kier alpha value is -2.81. The highest BCUT2D eigenvalue weighted by Crippen LogP contribution is 2.42. The van der Waals surface area contributed by atoms with Crippen LogP contribution in [0.5, 0.6) is 0 Å². The van der Waals surface area contributed by atoms with Crippen LogP contribution in [0.1, 0.15) is 70.8 Å². The first kappa shape index (κ1) is 24.8. The number of cyclic esters (lactones) is 1. The van der Waals surface area contributed by atoms with Crippen molar-refractivity contribution in [2.75, 3.05) is 4.72 Å². The topological polar surface area (TPSA) is 111 Å². The van der Waals surface area contributed by atoms with E-state index in [4.69, 9.17) is 4.74 Å². The van der Waals surface area contributed by atoms with Gasteiger partial charge in [-0.2, -0.15) is 8.42 Å². The molecular formula is C24H33N3O5S. The Morgan fingerprint density at radius 3 is 2.48 bits per heavy atom. The second-order valence-corrected chi connectivity index (χ2v) is 10.3. The highest BCUT2D eigenvalue weighted by atomic mass is 32.2. The molecule has 0 aliphatic carbocycles. The number of nitrogens with one attached hydrogen (secondary N) is 1. The summed E-state index contributed by atoms with van der Waals surface area (Å²) in [7, 11) is -2.16. The summed E-state index contributed by atoms with van der Waals surface area (Å²) in [5.41, 5.74) is 0.667. The fraction of sp³-hybridized carbons (Fsp3) is 0.500. The number of hydrogen-bond donors (Lipinski definition) is 2. The fourth-order valence-electron chi connectivity index (χ4n) is 4.62. The number of aryl methyl sites for hydroxylation is 1. The number of carbonyl (C=O) groups is 1. The van der Waals surface area contributed by atoms with Gasteiger partial charge < -0.3 is 14.4 Å². The maximum atomic E-state index is 13.1. The van der Waals surface area contributed by atoms with E-state index in [1.54, 1.807) is 29.8 Å². The molecule has 0 saturated carbocycles. The number of benzene rings is 1. The van der Waals surface area contributed by atoms with Crippen molar-refractivity contribution >= 4 is 21.7 Å². The van der Waals surface area contributed by atoms with Crippen molar-refractivity contribution in [3.05, 3.63) is 53.7 Å². The molecule has 1 aliphatic heterocycles. The lowest BCUT2D eigenvalue weighted by atomic mass is 9.80. The molecule has 0 fully saturated rings. The van der Waals surface area contributed by atoms with Crippen LogP contribution in [0.2, 0.25) is 0 Å². The van der Waals surface area contributed by atoms with Crippen molar-refractivity contribution in [1.82, 2.24) is 9.55 Å². The van der Waals surface area contributed by atoms with Crippen molar-refractivity contribution in [1.29, 1.82) is 0 Å². The Bertz CT molecular complexity index is 1130. The van der Waals surface area contributed by atoms with Gasteiger partial charge in [0.2, 0.25) is 0 Å². The Morgan fingerprint density at radius 2 is 1.94 bits per heavy atom. The van der Waals surface area contributed by atoms with E-state index in [1.165, 1.54) is 12.5 Å². The van der Waals surface area contributed by atoms with Crippen LogP contribution in [-0.2, 0) is 26.6 Å². The lowest BCUT2D eigenvalue weighted by Gasteiger charge is -2.38. The minimum Gasteiger partial charge on any atom is -0.512 e. The molecule has 0 unspecified atom stereocenters. The average Bonchev–Trinajstić information content (AvgIpc) is 3.18. The summed E-state index contributed by atoms with van der Waals surface area (Å²) in [6.45, 7) is 5.99. The highest BCUT2D eigenvalue weighted by molar-refractivity contribution is 7.92. The molecule has 33 heavy (non-hydrogen) atoms. The van der Waals surface area contributed by atoms with Gasteiger partial charge in [0.25, 0.3) is 10.0 Å². The predicted molar refractivity (Wildman–Crippen MR) is 126 cm³/mol. The van der Waals surface area contributed by atoms with Gasteiger partial charge in [-0.15, -0.1) is 0 Å². The van der Waals surface area contributed by atoms with Crippen LogP contribution in [0.3, 0.4) is 0 Å². The van der Waals surface area contributed by atoms with Crippen molar-refractivity contribution in [3.8, 4) is 0 Å². The van der Waals surface area contributed by atoms with Crippen LogP contribution in [0.4, 0.5) is 5.69 Å². The molecular weight excluding hydrogens is 442 g/mol. The molecule has 0 bridgehead atoms. The molecule has 8 nitrogen and oxygen atoms in total. The molecule has 0 amide bonds. The third-order valence-corrected chi connectivity index (χ3v) is 7.26. The van der Waals surface area contributed by atoms with Gasteiger partial charge in [0, 0.05) is 31.3 Å². The van der Waals surface area contributed by atoms with Crippen LogP contribution < -0.4 is 4.72 Å². The molecule has 0 radical (unpaired) electrons. The maximum Gasteiger partial charge on any atom is 0.338 e. The summed E-state index contributed by atoms with van der Waals surface area (Å²) in [6.07, 6.45) is 6.78. The lowest BCUT2D eigenvalue weighted by Crippen LogP contribution is -2.41. The van der Waals surface area contributed by atoms with E-state index in [0.29, 0.717) is 31.4 Å². The minimum absolute atomic E-state index is 0.0690. The molecule has 2 N–H and O–H groups in total. The Labute approximate surface area is 195 Å². The monoisotopic (exact) mass is 475 g/mol. The smallest absolute Gasteiger partial charge is 0.338 e. The summed E-state index contributed by atoms with van der Waals surface area (Å²) in [4.78, 5) is 17.0. The van der Waals surface area contributed by atoms with E-state index >= 15 is 0 Å². The third-order valence-electron chi connectivity index (χ3n) is 6.00. The zero-order chi connectivity index (χ0) is 24.2. The second-order valence-electron chi connectivity index (χ2n) is 8.68. The number of sulfonamides is 1. The van der Waals surface area contributed by atoms with Gasteiger partial charge in [-0.3, -0.25) is 4.72 Å². The molecule has 1 atom stereocenters. The van der Waals surface area contributed by atoms with E-state index in [9.17, 15) is 18.3 Å². The molecule has 3 rings (SSSR count). The van der Waals surface area contributed by atoms with Gasteiger partial charge in [-0.25, -0.2) is 9.78 Å². The summed E-state index contributed by atoms with van der Waals surface area (Å²) in [6, 6.07) is 6.86. The normalized spacial score (nSPS) is 17.0. The molecule has 180 valence electrons. The minimum atomic E-state index is -3.85. The van der Waals surface area contributed by atoms with E-state index in [1.807, 2.05) is 26.8 Å². The number of hydrogen-bond acceptors (Lipinski definition) is 6. The van der Waals surface area contributed by atoms with E-state index < -0.39 is 27.5 Å². The largest absolute Gasteiger partial charge is 0.512 e. The first-order valence-corrected chi connectivity index (χ1v) is 12.9. The first-order valence-electron chi connectivity index (χ1n) is 11.4. The van der Waals surface area contributed by atoms with Crippen LogP contribution >= 0.6 is 0 Å². The van der Waals surface area contributed by atoms with Gasteiger partial charge in [-0.1, -0.05) is 45.7 Å².